The second-order valence-corrected chi connectivity index (χ2v) is 4.01. The predicted octanol–water partition coefficient (Wildman–Crippen LogP) is 2.14. The van der Waals surface area contributed by atoms with Gasteiger partial charge in [-0.05, 0) is 17.7 Å². The Labute approximate surface area is 121 Å². The van der Waals surface area contributed by atoms with Gasteiger partial charge in [0.05, 0.1) is 5.56 Å². The Morgan fingerprint density at radius 3 is 2.10 bits per heavy atom. The molecule has 2 aromatic rings. The van der Waals surface area contributed by atoms with E-state index in [4.69, 9.17) is 0 Å². The van der Waals surface area contributed by atoms with Crippen LogP contribution < -0.4 is 0 Å². The Kier molecular flexibility index (Phi) is 4.96. The van der Waals surface area contributed by atoms with Crippen molar-refractivity contribution in [1.29, 1.82) is 0 Å². The molecular formula is C14H13ClO5. The molecule has 0 saturated heterocycles. The molecule has 0 aliphatic heterocycles. The summed E-state index contributed by atoms with van der Waals surface area (Å²) in [6.45, 7) is 0. The quantitative estimate of drug-likeness (QED) is 0.514. The van der Waals surface area contributed by atoms with Gasteiger partial charge in [-0.2, -0.15) is 0 Å². The predicted molar refractivity (Wildman–Crippen MR) is 74.4 cm³/mol. The Bertz CT molecular complexity index is 612. The topological polar surface area (TPSA) is 98.0 Å². The molecule has 0 bridgehead atoms. The van der Waals surface area contributed by atoms with Gasteiger partial charge in [0, 0.05) is 0 Å². The van der Waals surface area contributed by atoms with Crippen molar-refractivity contribution in [2.24, 2.45) is 0 Å². The molecule has 0 aliphatic carbocycles. The monoisotopic (exact) mass is 296 g/mol. The first-order chi connectivity index (χ1) is 9.02. The van der Waals surface area contributed by atoms with Crippen LogP contribution in [0.25, 0.3) is 0 Å². The van der Waals surface area contributed by atoms with Gasteiger partial charge >= 0.3 is 0 Å². The van der Waals surface area contributed by atoms with Crippen molar-refractivity contribution in [1.82, 2.24) is 0 Å². The van der Waals surface area contributed by atoms with Crippen molar-refractivity contribution in [3.63, 3.8) is 0 Å². The summed E-state index contributed by atoms with van der Waals surface area (Å²) in [5.74, 6) is -2.84. The van der Waals surface area contributed by atoms with Crippen molar-refractivity contribution >= 4 is 18.2 Å². The lowest BCUT2D eigenvalue weighted by molar-refractivity contribution is 0.0744. The molecule has 6 heteroatoms. The molecule has 20 heavy (non-hydrogen) atoms. The smallest absolute Gasteiger partial charge is 0.201 e. The average molecular weight is 297 g/mol. The van der Waals surface area contributed by atoms with E-state index in [9.17, 15) is 25.2 Å². The average Bonchev–Trinajstić information content (AvgIpc) is 2.44. The van der Waals surface area contributed by atoms with Crippen LogP contribution in [-0.2, 0) is 0 Å². The Morgan fingerprint density at radius 1 is 0.900 bits per heavy atom. The SMILES string of the molecule is Cl.O=C(c1ccc(O)c(O)c1O)C(O)c1ccccc1. The van der Waals surface area contributed by atoms with Gasteiger partial charge in [-0.15, -0.1) is 12.4 Å². The summed E-state index contributed by atoms with van der Waals surface area (Å²) in [7, 11) is 0. The summed E-state index contributed by atoms with van der Waals surface area (Å²) >= 11 is 0. The zero-order valence-corrected chi connectivity index (χ0v) is 11.0. The molecule has 4 N–H and O–H groups in total. The van der Waals surface area contributed by atoms with Crippen LogP contribution in [0.4, 0.5) is 0 Å². The highest BCUT2D eigenvalue weighted by Gasteiger charge is 2.24. The largest absolute Gasteiger partial charge is 0.504 e. The fourth-order valence-corrected chi connectivity index (χ4v) is 1.70. The van der Waals surface area contributed by atoms with Crippen LogP contribution in [0.5, 0.6) is 17.2 Å². The molecular weight excluding hydrogens is 284 g/mol. The van der Waals surface area contributed by atoms with Crippen LogP contribution >= 0.6 is 12.4 Å². The van der Waals surface area contributed by atoms with Crippen LogP contribution in [0.2, 0.25) is 0 Å². The van der Waals surface area contributed by atoms with Crippen LogP contribution in [0.3, 0.4) is 0 Å². The second kappa shape index (κ2) is 6.27. The van der Waals surface area contributed by atoms with Gasteiger partial charge in [-0.25, -0.2) is 0 Å². The molecule has 2 aromatic carbocycles. The van der Waals surface area contributed by atoms with Crippen LogP contribution in [-0.4, -0.2) is 26.2 Å². The van der Waals surface area contributed by atoms with E-state index in [-0.39, 0.29) is 18.0 Å². The van der Waals surface area contributed by atoms with Crippen molar-refractivity contribution in [3.05, 3.63) is 53.6 Å². The van der Waals surface area contributed by atoms with Crippen molar-refractivity contribution in [2.45, 2.75) is 6.10 Å². The Balaban J connectivity index is 0.00000200. The molecule has 5 nitrogen and oxygen atoms in total. The highest BCUT2D eigenvalue weighted by Crippen LogP contribution is 2.38. The number of hydrogen-bond acceptors (Lipinski definition) is 5. The number of benzene rings is 2. The third-order valence-corrected chi connectivity index (χ3v) is 2.76. The highest BCUT2D eigenvalue weighted by atomic mass is 35.5. The number of carbonyl (C=O) groups excluding carboxylic acids is 1. The first-order valence-corrected chi connectivity index (χ1v) is 5.53. The van der Waals surface area contributed by atoms with Gasteiger partial charge in [0.2, 0.25) is 5.75 Å². The zero-order valence-electron chi connectivity index (χ0n) is 10.2. The number of phenols is 3. The van der Waals surface area contributed by atoms with E-state index < -0.39 is 29.1 Å². The number of Topliss-reactive ketones (excluding diaryl/α,β-unsaturated/α-hetero) is 1. The lowest BCUT2D eigenvalue weighted by Gasteiger charge is -2.12. The molecule has 0 radical (unpaired) electrons. The molecule has 0 fully saturated rings. The summed E-state index contributed by atoms with van der Waals surface area (Å²) in [6, 6.07) is 10.4. The number of halogens is 1. The normalized spacial score (nSPS) is 11.4. The fourth-order valence-electron chi connectivity index (χ4n) is 1.70. The van der Waals surface area contributed by atoms with Crippen molar-refractivity contribution < 1.29 is 25.2 Å². The molecule has 0 aromatic heterocycles. The lowest BCUT2D eigenvalue weighted by Crippen LogP contribution is -2.12. The zero-order chi connectivity index (χ0) is 14.0. The summed E-state index contributed by atoms with van der Waals surface area (Å²) < 4.78 is 0. The maximum Gasteiger partial charge on any atom is 0.201 e. The molecule has 0 amide bonds. The molecule has 2 rings (SSSR count). The summed E-state index contributed by atoms with van der Waals surface area (Å²) in [6.07, 6.45) is -1.45. The van der Waals surface area contributed by atoms with Crippen molar-refractivity contribution in [2.75, 3.05) is 0 Å². The molecule has 0 heterocycles. The van der Waals surface area contributed by atoms with Crippen molar-refractivity contribution in [3.8, 4) is 17.2 Å². The maximum atomic E-state index is 12.0. The summed E-state index contributed by atoms with van der Waals surface area (Å²) in [5, 5.41) is 38.1. The number of phenolic OH excluding ortho intramolecular Hbond substituents is 3. The van der Waals surface area contributed by atoms with Gasteiger partial charge in [-0.1, -0.05) is 30.3 Å². The number of aromatic hydroxyl groups is 3. The van der Waals surface area contributed by atoms with E-state index in [2.05, 4.69) is 0 Å². The van der Waals surface area contributed by atoms with E-state index in [1.54, 1.807) is 30.3 Å². The summed E-state index contributed by atoms with van der Waals surface area (Å²) in [5.41, 5.74) is 0.117. The molecule has 0 aliphatic rings. The van der Waals surface area contributed by atoms with Crippen LogP contribution in [0, 0.1) is 0 Å². The number of hydrogen-bond donors (Lipinski definition) is 4. The minimum Gasteiger partial charge on any atom is -0.504 e. The van der Waals surface area contributed by atoms with E-state index >= 15 is 0 Å². The molecule has 0 spiro atoms. The first-order valence-electron chi connectivity index (χ1n) is 5.53. The van der Waals surface area contributed by atoms with E-state index in [0.29, 0.717) is 5.56 Å². The maximum absolute atomic E-state index is 12.0. The van der Waals surface area contributed by atoms with Crippen LogP contribution in [0.15, 0.2) is 42.5 Å². The Morgan fingerprint density at radius 2 is 1.50 bits per heavy atom. The third-order valence-electron chi connectivity index (χ3n) is 2.76. The number of carbonyl (C=O) groups is 1. The van der Waals surface area contributed by atoms with Gasteiger partial charge in [0.1, 0.15) is 6.10 Å². The number of aliphatic hydroxyl groups excluding tert-OH is 1. The lowest BCUT2D eigenvalue weighted by atomic mass is 9.99. The van der Waals surface area contributed by atoms with E-state index in [0.717, 1.165) is 12.1 Å². The Hall–Kier alpha value is -2.24. The van der Waals surface area contributed by atoms with Gasteiger partial charge in [-0.3, -0.25) is 4.79 Å². The molecule has 106 valence electrons. The first kappa shape index (κ1) is 15.8. The van der Waals surface area contributed by atoms with E-state index in [1.807, 2.05) is 0 Å². The summed E-state index contributed by atoms with van der Waals surface area (Å²) in [4.78, 5) is 12.0. The standard InChI is InChI=1S/C14H12O5.ClH/c15-10-7-6-9(13(18)14(10)19)12(17)11(16)8-4-2-1-3-5-8;/h1-7,11,15-16,18-19H;1H. The molecule has 1 unspecified atom stereocenters. The van der Waals surface area contributed by atoms with Gasteiger partial charge in [0.25, 0.3) is 0 Å². The number of rotatable bonds is 3. The number of ketones is 1. The third kappa shape index (κ3) is 2.84. The van der Waals surface area contributed by atoms with Gasteiger partial charge in [0.15, 0.2) is 17.3 Å². The second-order valence-electron chi connectivity index (χ2n) is 4.01. The minimum absolute atomic E-state index is 0. The highest BCUT2D eigenvalue weighted by molar-refractivity contribution is 6.03. The van der Waals surface area contributed by atoms with Crippen LogP contribution in [0.1, 0.15) is 22.0 Å². The minimum atomic E-state index is -1.45. The van der Waals surface area contributed by atoms with Gasteiger partial charge < -0.3 is 20.4 Å². The number of aliphatic hydroxyl groups is 1. The molecule has 0 saturated carbocycles. The fraction of sp³-hybridized carbons (Fsp3) is 0.0714. The molecule has 1 atom stereocenters. The van der Waals surface area contributed by atoms with E-state index in [1.165, 1.54) is 0 Å².